The molecule has 4 aromatic rings. The molecular weight excluding hydrogens is 869 g/mol. The minimum absolute atomic E-state index is 0.0683. The largest absolute Gasteiger partial charge is 0.463 e. The number of nitrogens with one attached hydrogen (secondary N) is 1. The summed E-state index contributed by atoms with van der Waals surface area (Å²) in [7, 11) is 1.97. The Kier molecular flexibility index (Phi) is 17.5. The Morgan fingerprint density at radius 2 is 1.29 bits per heavy atom. The maximum Gasteiger partial charge on any atom is 0.303 e. The van der Waals surface area contributed by atoms with Crippen molar-refractivity contribution in [3.05, 3.63) is 137 Å². The smallest absolute Gasteiger partial charge is 0.303 e. The number of nitrogens with zero attached hydrogens (tertiary/aromatic N) is 1. The third-order valence-electron chi connectivity index (χ3n) is 11.6. The van der Waals surface area contributed by atoms with Crippen molar-refractivity contribution in [1.29, 1.82) is 0 Å². The Morgan fingerprint density at radius 3 is 1.89 bits per heavy atom. The van der Waals surface area contributed by atoms with Crippen LogP contribution in [0, 0.1) is 0 Å². The quantitative estimate of drug-likeness (QED) is 0.0597. The van der Waals surface area contributed by atoms with Crippen LogP contribution in [0.2, 0.25) is 0 Å². The Bertz CT molecular complexity index is 2270. The van der Waals surface area contributed by atoms with Gasteiger partial charge in [-0.25, -0.2) is 0 Å². The zero-order chi connectivity index (χ0) is 47.5. The fourth-order valence-electron chi connectivity index (χ4n) is 8.43. The van der Waals surface area contributed by atoms with Crippen molar-refractivity contribution in [2.45, 2.75) is 115 Å². The van der Waals surface area contributed by atoms with Crippen LogP contribution in [0.25, 0.3) is 0 Å². The predicted molar refractivity (Wildman–Crippen MR) is 246 cm³/mol. The van der Waals surface area contributed by atoms with Crippen molar-refractivity contribution in [2.75, 3.05) is 25.5 Å². The Hall–Kier alpha value is -5.59. The molecule has 2 fully saturated rings. The van der Waals surface area contributed by atoms with Crippen molar-refractivity contribution in [2.24, 2.45) is 0 Å². The van der Waals surface area contributed by atoms with Crippen molar-refractivity contribution < 1.29 is 62.5 Å². The van der Waals surface area contributed by atoms with Gasteiger partial charge in [-0.1, -0.05) is 109 Å². The number of thiocarbonyl (C=S) groups is 1. The average Bonchev–Trinajstić information content (AvgIpc) is 3.29. The number of benzene rings is 4. The van der Waals surface area contributed by atoms with Crippen LogP contribution in [0.1, 0.15) is 93.3 Å². The summed E-state index contributed by atoms with van der Waals surface area (Å²) in [5.74, 6) is -3.09. The van der Waals surface area contributed by atoms with Crippen LogP contribution in [0.3, 0.4) is 0 Å². The number of aliphatic hydroxyl groups is 2. The van der Waals surface area contributed by atoms with E-state index < -0.39 is 79.0 Å². The molecular formula is C50H58N2O13S. The van der Waals surface area contributed by atoms with Gasteiger partial charge in [0.1, 0.15) is 18.8 Å². The monoisotopic (exact) mass is 926 g/mol. The normalized spacial score (nSPS) is 24.9. The summed E-state index contributed by atoms with van der Waals surface area (Å²) >= 11 is 5.86. The number of aliphatic hydroxyl groups excluding tert-OH is 2. The number of rotatable bonds is 17. The molecule has 11 atom stereocenters. The van der Waals surface area contributed by atoms with Gasteiger partial charge in [0.2, 0.25) is 0 Å². The molecule has 6 rings (SSSR count). The molecule has 2 aliphatic rings. The number of ether oxygens (including phenoxy) is 7. The highest BCUT2D eigenvalue weighted by Gasteiger charge is 2.52. The van der Waals surface area contributed by atoms with Gasteiger partial charge in [-0.3, -0.25) is 24.1 Å². The van der Waals surface area contributed by atoms with Crippen molar-refractivity contribution in [3.8, 4) is 0 Å². The molecule has 2 heterocycles. The summed E-state index contributed by atoms with van der Waals surface area (Å²) in [6.07, 6.45) is -8.73. The maximum absolute atomic E-state index is 12.4. The van der Waals surface area contributed by atoms with E-state index in [-0.39, 0.29) is 36.6 Å². The first-order chi connectivity index (χ1) is 31.6. The van der Waals surface area contributed by atoms with Gasteiger partial charge in [-0.15, -0.1) is 0 Å². The summed E-state index contributed by atoms with van der Waals surface area (Å²) in [5, 5.41) is 24.6. The Morgan fingerprint density at radius 1 is 0.697 bits per heavy atom. The number of esters is 4. The third-order valence-corrected chi connectivity index (χ3v) is 11.9. The topological polar surface area (TPSA) is 189 Å². The highest BCUT2D eigenvalue weighted by Crippen LogP contribution is 2.47. The SMILES string of the molecule is CC(=O)OC[C@H]1O[C@@H](CC(=S)Nc2cccc(C3O[C@H](CN(C)[C@@H](C)[C@H](O)c4ccccc4)[C@@H](c4ccccc4)[C@H](c4ccc(CO)cc4)O3)c2)[C@H](OC(C)=O)[C@@H](OC(C)=O)[C@@H]1OC(C)=O. The second kappa shape index (κ2) is 23.2. The van der Waals surface area contributed by atoms with Crippen LogP contribution in [0.15, 0.2) is 109 Å². The zero-order valence-corrected chi connectivity index (χ0v) is 38.6. The fourth-order valence-corrected chi connectivity index (χ4v) is 8.71. The molecule has 0 aliphatic carbocycles. The van der Waals surface area contributed by atoms with Gasteiger partial charge < -0.3 is 48.7 Å². The molecule has 0 bridgehead atoms. The molecule has 4 aromatic carbocycles. The van der Waals surface area contributed by atoms with E-state index in [4.69, 9.17) is 45.4 Å². The first-order valence-corrected chi connectivity index (χ1v) is 22.2. The first-order valence-electron chi connectivity index (χ1n) is 21.8. The van der Waals surface area contributed by atoms with Crippen LogP contribution < -0.4 is 5.32 Å². The number of anilines is 1. The van der Waals surface area contributed by atoms with Gasteiger partial charge in [-0.05, 0) is 48.4 Å². The first kappa shape index (κ1) is 49.8. The van der Waals surface area contributed by atoms with E-state index in [1.165, 1.54) is 13.8 Å². The van der Waals surface area contributed by atoms with Crippen LogP contribution in [-0.2, 0) is 58.9 Å². The van der Waals surface area contributed by atoms with Gasteiger partial charge in [0.15, 0.2) is 24.6 Å². The Balaban J connectivity index is 1.29. The maximum atomic E-state index is 12.4. The summed E-state index contributed by atoms with van der Waals surface area (Å²) in [4.78, 5) is 51.2. The number of hydrogen-bond acceptors (Lipinski definition) is 15. The van der Waals surface area contributed by atoms with Crippen molar-refractivity contribution in [1.82, 2.24) is 4.90 Å². The van der Waals surface area contributed by atoms with Crippen LogP contribution >= 0.6 is 12.2 Å². The summed E-state index contributed by atoms with van der Waals surface area (Å²) in [6.45, 7) is 6.64. The van der Waals surface area contributed by atoms with E-state index in [9.17, 15) is 29.4 Å². The highest BCUT2D eigenvalue weighted by molar-refractivity contribution is 7.80. The second-order valence-corrected chi connectivity index (χ2v) is 17.0. The van der Waals surface area contributed by atoms with E-state index >= 15 is 0 Å². The third kappa shape index (κ3) is 13.1. The minimum atomic E-state index is -1.33. The summed E-state index contributed by atoms with van der Waals surface area (Å²) in [5.41, 5.74) is 4.70. The van der Waals surface area contributed by atoms with Gasteiger partial charge in [0.25, 0.3) is 0 Å². The standard InChI is InChI=1S/C50H58N2O13S/c1-29(45(58)36-16-11-8-12-17-36)52(6)26-41-44(35-14-9-7-10-15-35)46(37-22-20-34(27-53)21-23-37)65-50(64-41)38-18-13-19-39(24-38)51-43(66)25-40-47(60-31(3)55)49(62-33(5)57)48(61-32(4)56)42(63-40)28-59-30(2)54/h7-24,29,40-42,44-50,53,58H,25-28H2,1-6H3,(H,51,66)/t29-,40-,41+,42+,44+,45-,46-,47-,48+,49+,50?/m0/s1. The fraction of sp³-hybridized carbons (Fsp3) is 0.420. The lowest BCUT2D eigenvalue weighted by Crippen LogP contribution is -2.62. The lowest BCUT2D eigenvalue weighted by atomic mass is 9.83. The van der Waals surface area contributed by atoms with Crippen molar-refractivity contribution in [3.63, 3.8) is 0 Å². The predicted octanol–water partition coefficient (Wildman–Crippen LogP) is 6.43. The van der Waals surface area contributed by atoms with Crippen LogP contribution in [0.4, 0.5) is 5.69 Å². The molecule has 15 nitrogen and oxygen atoms in total. The Labute approximate surface area is 390 Å². The van der Waals surface area contributed by atoms with Gasteiger partial charge in [0.05, 0.1) is 29.9 Å². The van der Waals surface area contributed by atoms with Gasteiger partial charge >= 0.3 is 23.9 Å². The molecule has 352 valence electrons. The molecule has 1 unspecified atom stereocenters. The molecule has 0 radical (unpaired) electrons. The van der Waals surface area contributed by atoms with Crippen molar-refractivity contribution >= 4 is 46.8 Å². The lowest BCUT2D eigenvalue weighted by Gasteiger charge is -2.45. The average molecular weight is 927 g/mol. The van der Waals surface area contributed by atoms with E-state index in [2.05, 4.69) is 22.3 Å². The summed E-state index contributed by atoms with van der Waals surface area (Å²) < 4.78 is 42.2. The molecule has 0 amide bonds. The van der Waals surface area contributed by atoms with Crippen LogP contribution in [-0.4, -0.2) is 107 Å². The molecule has 2 saturated heterocycles. The second-order valence-electron chi connectivity index (χ2n) is 16.6. The van der Waals surface area contributed by atoms with Gasteiger partial charge in [0, 0.05) is 63.9 Å². The number of hydrogen-bond donors (Lipinski definition) is 3. The molecule has 16 heteroatoms. The summed E-state index contributed by atoms with van der Waals surface area (Å²) in [6, 6.07) is 34.3. The van der Waals surface area contributed by atoms with Gasteiger partial charge in [-0.2, -0.15) is 0 Å². The molecule has 3 N–H and O–H groups in total. The van der Waals surface area contributed by atoms with E-state index in [1.54, 1.807) is 0 Å². The number of carbonyl (C=O) groups is 4. The molecule has 0 aromatic heterocycles. The molecule has 0 saturated carbocycles. The zero-order valence-electron chi connectivity index (χ0n) is 37.8. The van der Waals surface area contributed by atoms with E-state index in [0.29, 0.717) is 17.8 Å². The lowest BCUT2D eigenvalue weighted by molar-refractivity contribution is -0.264. The number of likely N-dealkylation sites (N-methyl/N-ethyl adjacent to an activating group) is 1. The minimum Gasteiger partial charge on any atom is -0.463 e. The van der Waals surface area contributed by atoms with E-state index in [0.717, 1.165) is 36.1 Å². The number of carbonyl (C=O) groups excluding carboxylic acids is 4. The van der Waals surface area contributed by atoms with E-state index in [1.807, 2.05) is 111 Å². The molecule has 2 aliphatic heterocycles. The highest BCUT2D eigenvalue weighted by atomic mass is 32.1. The molecule has 0 spiro atoms. The van der Waals surface area contributed by atoms with Crippen LogP contribution in [0.5, 0.6) is 0 Å². The molecule has 66 heavy (non-hydrogen) atoms.